The Morgan fingerprint density at radius 3 is 2.09 bits per heavy atom. The normalized spacial score (nSPS) is 23.7. The van der Waals surface area contributed by atoms with Crippen LogP contribution in [-0.4, -0.2) is 50.5 Å². The first-order valence-corrected chi connectivity index (χ1v) is 19.2. The molecule has 9 heteroatoms. The molecule has 7 rings (SSSR count). The number of sulfonamides is 1. The summed E-state index contributed by atoms with van der Waals surface area (Å²) in [5.41, 5.74) is 3.57. The lowest BCUT2D eigenvalue weighted by Gasteiger charge is -2.57. The van der Waals surface area contributed by atoms with E-state index in [4.69, 9.17) is 11.6 Å². The second-order valence-corrected chi connectivity index (χ2v) is 16.5. The Labute approximate surface area is 284 Å². The molecule has 0 saturated heterocycles. The van der Waals surface area contributed by atoms with Crippen molar-refractivity contribution in [1.82, 2.24) is 10.2 Å². The summed E-state index contributed by atoms with van der Waals surface area (Å²) >= 11 is 6.31. The largest absolute Gasteiger partial charge is 0.354 e. The van der Waals surface area contributed by atoms with Crippen molar-refractivity contribution in [2.24, 2.45) is 17.8 Å². The molecule has 2 amide bonds. The van der Waals surface area contributed by atoms with Crippen LogP contribution in [0.15, 0.2) is 78.9 Å². The fourth-order valence-corrected chi connectivity index (χ4v) is 9.87. The van der Waals surface area contributed by atoms with Crippen molar-refractivity contribution >= 4 is 39.1 Å². The lowest BCUT2D eigenvalue weighted by Crippen LogP contribution is -2.53. The van der Waals surface area contributed by atoms with Crippen molar-refractivity contribution in [3.8, 4) is 0 Å². The fraction of sp³-hybridized carbons (Fsp3) is 0.474. The van der Waals surface area contributed by atoms with Gasteiger partial charge in [0, 0.05) is 24.5 Å². The summed E-state index contributed by atoms with van der Waals surface area (Å²) in [6.45, 7) is 2.11. The third-order valence-corrected chi connectivity index (χ3v) is 11.9. The molecule has 4 aliphatic carbocycles. The zero-order valence-corrected chi connectivity index (χ0v) is 29.0. The zero-order valence-electron chi connectivity index (χ0n) is 27.4. The first-order chi connectivity index (χ1) is 22.5. The summed E-state index contributed by atoms with van der Waals surface area (Å²) in [5, 5.41) is 3.49. The molecule has 4 fully saturated rings. The van der Waals surface area contributed by atoms with Crippen molar-refractivity contribution in [2.45, 2.75) is 76.3 Å². The molecular formula is C38H46ClN3O4S. The number of amides is 2. The number of benzene rings is 3. The van der Waals surface area contributed by atoms with E-state index in [2.05, 4.69) is 17.4 Å². The van der Waals surface area contributed by atoms with E-state index in [-0.39, 0.29) is 24.3 Å². The van der Waals surface area contributed by atoms with E-state index in [1.165, 1.54) is 53.3 Å². The molecule has 4 aliphatic rings. The van der Waals surface area contributed by atoms with E-state index in [1.54, 1.807) is 18.2 Å². The second-order valence-electron chi connectivity index (χ2n) is 14.2. The third-order valence-electron chi connectivity index (χ3n) is 10.5. The molecule has 0 aromatic heterocycles. The van der Waals surface area contributed by atoms with Crippen LogP contribution in [0.25, 0.3) is 0 Å². The molecule has 4 saturated carbocycles. The Balaban J connectivity index is 1.30. The number of halogens is 1. The van der Waals surface area contributed by atoms with Crippen LogP contribution in [0.4, 0.5) is 5.69 Å². The number of nitrogens with one attached hydrogen (secondary N) is 1. The molecule has 3 aromatic carbocycles. The smallest absolute Gasteiger partial charge is 0.244 e. The van der Waals surface area contributed by atoms with Gasteiger partial charge in [-0.05, 0) is 109 Å². The summed E-state index contributed by atoms with van der Waals surface area (Å²) in [6.07, 6.45) is 9.87. The molecule has 0 spiro atoms. The summed E-state index contributed by atoms with van der Waals surface area (Å²) in [7, 11) is -3.84. The van der Waals surface area contributed by atoms with Crippen LogP contribution < -0.4 is 9.62 Å². The molecule has 1 N–H and O–H groups in total. The number of carbonyl (C=O) groups is 2. The molecule has 250 valence electrons. The Morgan fingerprint density at radius 1 is 0.894 bits per heavy atom. The van der Waals surface area contributed by atoms with Crippen molar-refractivity contribution in [3.05, 3.63) is 101 Å². The van der Waals surface area contributed by atoms with Crippen molar-refractivity contribution in [2.75, 3.05) is 23.7 Å². The van der Waals surface area contributed by atoms with Crippen molar-refractivity contribution in [1.29, 1.82) is 0 Å². The van der Waals surface area contributed by atoms with Crippen molar-refractivity contribution < 1.29 is 18.0 Å². The average molecular weight is 676 g/mol. The molecule has 0 heterocycles. The monoisotopic (exact) mass is 675 g/mol. The highest BCUT2D eigenvalue weighted by atomic mass is 35.5. The molecule has 1 atom stereocenters. The minimum Gasteiger partial charge on any atom is -0.354 e. The van der Waals surface area contributed by atoms with Gasteiger partial charge in [0.1, 0.15) is 12.6 Å². The first-order valence-electron chi connectivity index (χ1n) is 17.0. The molecule has 3 aromatic rings. The van der Waals surface area contributed by atoms with Crippen LogP contribution in [0.1, 0.15) is 68.6 Å². The highest BCUT2D eigenvalue weighted by molar-refractivity contribution is 7.92. The Bertz CT molecular complexity index is 1640. The van der Waals surface area contributed by atoms with Crippen LogP contribution in [0.2, 0.25) is 5.02 Å². The maximum atomic E-state index is 14.4. The van der Waals surface area contributed by atoms with E-state index in [0.717, 1.165) is 41.6 Å². The third kappa shape index (κ3) is 7.70. The molecule has 1 unspecified atom stereocenters. The van der Waals surface area contributed by atoms with E-state index in [9.17, 15) is 18.0 Å². The van der Waals surface area contributed by atoms with Gasteiger partial charge >= 0.3 is 0 Å². The van der Waals surface area contributed by atoms with E-state index < -0.39 is 28.5 Å². The van der Waals surface area contributed by atoms with Gasteiger partial charge in [-0.1, -0.05) is 73.1 Å². The van der Waals surface area contributed by atoms with Crippen LogP contribution in [0.5, 0.6) is 0 Å². The summed E-state index contributed by atoms with van der Waals surface area (Å²) < 4.78 is 27.8. The molecule has 47 heavy (non-hydrogen) atoms. The van der Waals surface area contributed by atoms with Crippen LogP contribution >= 0.6 is 11.6 Å². The number of anilines is 1. The second kappa shape index (κ2) is 14.0. The zero-order chi connectivity index (χ0) is 33.2. The van der Waals surface area contributed by atoms with Gasteiger partial charge in [-0.15, -0.1) is 0 Å². The maximum Gasteiger partial charge on any atom is 0.244 e. The van der Waals surface area contributed by atoms with Gasteiger partial charge in [0.15, 0.2) is 0 Å². The van der Waals surface area contributed by atoms with Crippen LogP contribution in [0, 0.1) is 17.8 Å². The van der Waals surface area contributed by atoms with Crippen LogP contribution in [0.3, 0.4) is 0 Å². The van der Waals surface area contributed by atoms with Gasteiger partial charge in [-0.3, -0.25) is 13.9 Å². The number of hydrogen-bond acceptors (Lipinski definition) is 4. The Kier molecular flexibility index (Phi) is 10.00. The van der Waals surface area contributed by atoms with Gasteiger partial charge in [-0.25, -0.2) is 8.42 Å². The lowest BCUT2D eigenvalue weighted by atomic mass is 9.48. The molecule has 0 aliphatic heterocycles. The van der Waals surface area contributed by atoms with E-state index >= 15 is 0 Å². The van der Waals surface area contributed by atoms with Gasteiger partial charge in [0.05, 0.1) is 11.9 Å². The van der Waals surface area contributed by atoms with E-state index in [1.807, 2.05) is 55.5 Å². The average Bonchev–Trinajstić information content (AvgIpc) is 3.03. The standard InChI is InChI=1S/C38H46ClN3O4S/c1-3-16-40-37(44)35(21-27-8-5-4-6-9-27)41(25-28-10-7-11-33(39)20-28)36(43)26-42(47(2,45)46)34-14-12-32(13-15-34)38-22-29-17-30(23-38)19-31(18-29)24-38/h4-15,20,29-31,35H,3,16-19,21-26H2,1-2H3,(H,40,44). The summed E-state index contributed by atoms with van der Waals surface area (Å²) in [6, 6.07) is 23.8. The number of hydrogen-bond donors (Lipinski definition) is 1. The molecule has 4 bridgehead atoms. The predicted molar refractivity (Wildman–Crippen MR) is 188 cm³/mol. The maximum absolute atomic E-state index is 14.4. The number of nitrogens with zero attached hydrogens (tertiary/aromatic N) is 2. The topological polar surface area (TPSA) is 86.8 Å². The summed E-state index contributed by atoms with van der Waals surface area (Å²) in [5.74, 6) is 1.66. The SMILES string of the molecule is CCCNC(=O)C(Cc1ccccc1)N(Cc1cccc(Cl)c1)C(=O)CN(c1ccc(C23CC4CC(CC(C4)C2)C3)cc1)S(C)(=O)=O. The van der Waals surface area contributed by atoms with Gasteiger partial charge in [0.2, 0.25) is 21.8 Å². The number of carbonyl (C=O) groups excluding carboxylic acids is 2. The Hall–Kier alpha value is -3.36. The minimum atomic E-state index is -3.84. The molecular weight excluding hydrogens is 630 g/mol. The van der Waals surface area contributed by atoms with Gasteiger partial charge in [-0.2, -0.15) is 0 Å². The van der Waals surface area contributed by atoms with Crippen molar-refractivity contribution in [3.63, 3.8) is 0 Å². The highest BCUT2D eigenvalue weighted by Gasteiger charge is 2.51. The minimum absolute atomic E-state index is 0.0962. The van der Waals surface area contributed by atoms with Gasteiger partial charge < -0.3 is 10.2 Å². The lowest BCUT2D eigenvalue weighted by molar-refractivity contribution is -0.140. The molecule has 7 nitrogen and oxygen atoms in total. The fourth-order valence-electron chi connectivity index (χ4n) is 8.81. The summed E-state index contributed by atoms with van der Waals surface area (Å²) in [4.78, 5) is 29.6. The predicted octanol–water partition coefficient (Wildman–Crippen LogP) is 6.74. The van der Waals surface area contributed by atoms with E-state index in [0.29, 0.717) is 17.3 Å². The number of rotatable bonds is 13. The molecule has 0 radical (unpaired) electrons. The van der Waals surface area contributed by atoms with Gasteiger partial charge in [0.25, 0.3) is 0 Å². The highest BCUT2D eigenvalue weighted by Crippen LogP contribution is 2.60. The Morgan fingerprint density at radius 2 is 1.51 bits per heavy atom. The van der Waals surface area contributed by atoms with Crippen LogP contribution in [-0.2, 0) is 38.0 Å². The quantitative estimate of drug-likeness (QED) is 0.218. The first kappa shape index (κ1) is 33.5.